The second-order valence-corrected chi connectivity index (χ2v) is 6.40. The van der Waals surface area contributed by atoms with Gasteiger partial charge in [0.15, 0.2) is 5.11 Å². The van der Waals surface area contributed by atoms with E-state index in [9.17, 15) is 9.59 Å². The van der Waals surface area contributed by atoms with E-state index in [1.807, 2.05) is 0 Å². The van der Waals surface area contributed by atoms with Gasteiger partial charge >= 0.3 is 0 Å². The average molecular weight is 376 g/mol. The predicted octanol–water partition coefficient (Wildman–Crippen LogP) is 3.10. The number of halogens is 1. The molecule has 0 aromatic heterocycles. The molecule has 0 radical (unpaired) electrons. The number of nitrogens with one attached hydrogen (secondary N) is 2. The van der Waals surface area contributed by atoms with Crippen LogP contribution in [0.3, 0.4) is 0 Å². The first-order valence-corrected chi connectivity index (χ1v) is 8.31. The number of amides is 2. The van der Waals surface area contributed by atoms with Crippen LogP contribution in [0.5, 0.6) is 0 Å². The molecule has 0 heterocycles. The first kappa shape index (κ1) is 18.9. The summed E-state index contributed by atoms with van der Waals surface area (Å²) in [6.07, 6.45) is 0.178. The Morgan fingerprint density at radius 2 is 1.72 bits per heavy atom. The molecule has 25 heavy (non-hydrogen) atoms. The van der Waals surface area contributed by atoms with E-state index in [-0.39, 0.29) is 23.3 Å². The van der Waals surface area contributed by atoms with Crippen molar-refractivity contribution in [2.75, 3.05) is 19.4 Å². The molecule has 7 heteroatoms. The molecule has 0 fully saturated rings. The lowest BCUT2D eigenvalue weighted by molar-refractivity contribution is -0.119. The van der Waals surface area contributed by atoms with Gasteiger partial charge in [-0.15, -0.1) is 0 Å². The number of carbonyl (C=O) groups excluding carboxylic acids is 2. The van der Waals surface area contributed by atoms with Gasteiger partial charge in [0.1, 0.15) is 0 Å². The minimum atomic E-state index is -0.253. The minimum absolute atomic E-state index is 0.137. The van der Waals surface area contributed by atoms with Crippen molar-refractivity contribution in [3.63, 3.8) is 0 Å². The molecule has 2 rings (SSSR count). The number of nitrogens with zero attached hydrogens (tertiary/aromatic N) is 1. The second-order valence-electron chi connectivity index (χ2n) is 5.55. The fraction of sp³-hybridized carbons (Fsp3) is 0.167. The highest BCUT2D eigenvalue weighted by atomic mass is 35.5. The maximum atomic E-state index is 12.2. The molecule has 130 valence electrons. The predicted molar refractivity (Wildman–Crippen MR) is 104 cm³/mol. The highest BCUT2D eigenvalue weighted by molar-refractivity contribution is 7.80. The van der Waals surface area contributed by atoms with Gasteiger partial charge in [0.2, 0.25) is 5.91 Å². The summed E-state index contributed by atoms with van der Waals surface area (Å²) in [7, 11) is 3.34. The van der Waals surface area contributed by atoms with E-state index in [0.717, 1.165) is 5.56 Å². The van der Waals surface area contributed by atoms with Crippen LogP contribution >= 0.6 is 23.8 Å². The van der Waals surface area contributed by atoms with Crippen LogP contribution in [0, 0.1) is 0 Å². The molecule has 2 amide bonds. The van der Waals surface area contributed by atoms with Crippen molar-refractivity contribution in [1.29, 1.82) is 0 Å². The molecule has 5 nitrogen and oxygen atoms in total. The number of thiocarbonyl (C=S) groups is 1. The van der Waals surface area contributed by atoms with Gasteiger partial charge in [-0.05, 0) is 42.0 Å². The van der Waals surface area contributed by atoms with E-state index >= 15 is 0 Å². The molecular formula is C18H18ClN3O2S. The Balaban J connectivity index is 1.99. The van der Waals surface area contributed by atoms with Gasteiger partial charge in [0, 0.05) is 19.1 Å². The molecule has 0 aliphatic heterocycles. The van der Waals surface area contributed by atoms with Crippen molar-refractivity contribution in [3.05, 3.63) is 64.7 Å². The van der Waals surface area contributed by atoms with E-state index in [0.29, 0.717) is 16.3 Å². The Morgan fingerprint density at radius 1 is 1.08 bits per heavy atom. The van der Waals surface area contributed by atoms with Gasteiger partial charge in [-0.1, -0.05) is 35.9 Å². The molecule has 0 saturated heterocycles. The standard InChI is InChI=1S/C18H18ClN3O2S/c1-22(2)17(24)14-5-3-4-6-15(14)20-18(25)21-16(23)11-12-7-9-13(19)10-8-12/h3-10H,11H2,1-2H3,(H2,20,21,23,25). The monoisotopic (exact) mass is 375 g/mol. The molecule has 0 unspecified atom stereocenters. The maximum Gasteiger partial charge on any atom is 0.255 e. The normalized spacial score (nSPS) is 10.0. The summed E-state index contributed by atoms with van der Waals surface area (Å²) in [5.41, 5.74) is 1.84. The van der Waals surface area contributed by atoms with Gasteiger partial charge in [-0.3, -0.25) is 9.59 Å². The van der Waals surface area contributed by atoms with Gasteiger partial charge in [0.05, 0.1) is 17.7 Å². The third-order valence-electron chi connectivity index (χ3n) is 3.34. The van der Waals surface area contributed by atoms with Crippen LogP contribution in [0.25, 0.3) is 0 Å². The van der Waals surface area contributed by atoms with E-state index in [1.165, 1.54) is 4.90 Å². The molecule has 0 atom stereocenters. The Hall–Kier alpha value is -2.44. The van der Waals surface area contributed by atoms with Crippen molar-refractivity contribution >= 4 is 46.4 Å². The van der Waals surface area contributed by atoms with Crippen LogP contribution in [0.15, 0.2) is 48.5 Å². The average Bonchev–Trinajstić information content (AvgIpc) is 2.56. The third-order valence-corrected chi connectivity index (χ3v) is 3.80. The fourth-order valence-electron chi connectivity index (χ4n) is 2.13. The molecule has 0 aliphatic rings. The highest BCUT2D eigenvalue weighted by Gasteiger charge is 2.14. The summed E-state index contributed by atoms with van der Waals surface area (Å²) in [6.45, 7) is 0. The zero-order valence-corrected chi connectivity index (χ0v) is 15.4. The van der Waals surface area contributed by atoms with Gasteiger partial charge in [-0.25, -0.2) is 0 Å². The van der Waals surface area contributed by atoms with Crippen LogP contribution < -0.4 is 10.6 Å². The van der Waals surface area contributed by atoms with Crippen LogP contribution in [-0.2, 0) is 11.2 Å². The van der Waals surface area contributed by atoms with Crippen LogP contribution in [0.2, 0.25) is 5.02 Å². The largest absolute Gasteiger partial charge is 0.345 e. The van der Waals surface area contributed by atoms with Crippen molar-refractivity contribution in [2.24, 2.45) is 0 Å². The van der Waals surface area contributed by atoms with E-state index in [1.54, 1.807) is 62.6 Å². The number of hydrogen-bond donors (Lipinski definition) is 2. The van der Waals surface area contributed by atoms with Gasteiger partial charge < -0.3 is 15.5 Å². The van der Waals surface area contributed by atoms with E-state index in [2.05, 4.69) is 10.6 Å². The summed E-state index contributed by atoms with van der Waals surface area (Å²) < 4.78 is 0. The smallest absolute Gasteiger partial charge is 0.255 e. The third kappa shape index (κ3) is 5.55. The lowest BCUT2D eigenvalue weighted by Gasteiger charge is -2.16. The molecule has 2 N–H and O–H groups in total. The lowest BCUT2D eigenvalue weighted by Crippen LogP contribution is -2.35. The molecule has 0 bridgehead atoms. The van der Waals surface area contributed by atoms with Crippen molar-refractivity contribution in [1.82, 2.24) is 10.2 Å². The number of anilines is 1. The lowest BCUT2D eigenvalue weighted by atomic mass is 10.1. The number of benzene rings is 2. The number of para-hydroxylation sites is 1. The Labute approximate surface area is 157 Å². The first-order valence-electron chi connectivity index (χ1n) is 7.53. The summed E-state index contributed by atoms with van der Waals surface area (Å²) in [5.74, 6) is -0.408. The summed E-state index contributed by atoms with van der Waals surface area (Å²) in [6, 6.07) is 14.0. The molecule has 2 aromatic carbocycles. The first-order chi connectivity index (χ1) is 11.9. The van der Waals surface area contributed by atoms with Crippen molar-refractivity contribution < 1.29 is 9.59 Å². The zero-order chi connectivity index (χ0) is 18.4. The fourth-order valence-corrected chi connectivity index (χ4v) is 2.48. The van der Waals surface area contributed by atoms with E-state index in [4.69, 9.17) is 23.8 Å². The molecular weight excluding hydrogens is 358 g/mol. The van der Waals surface area contributed by atoms with Crippen molar-refractivity contribution in [3.8, 4) is 0 Å². The Bertz CT molecular complexity index is 791. The molecule has 0 saturated carbocycles. The van der Waals surface area contributed by atoms with Crippen LogP contribution in [0.4, 0.5) is 5.69 Å². The summed E-state index contributed by atoms with van der Waals surface area (Å²) >= 11 is 11.0. The van der Waals surface area contributed by atoms with E-state index < -0.39 is 0 Å². The Morgan fingerprint density at radius 3 is 2.36 bits per heavy atom. The number of rotatable bonds is 4. The maximum absolute atomic E-state index is 12.2. The zero-order valence-electron chi connectivity index (χ0n) is 13.9. The van der Waals surface area contributed by atoms with Crippen molar-refractivity contribution in [2.45, 2.75) is 6.42 Å². The van der Waals surface area contributed by atoms with Gasteiger partial charge in [-0.2, -0.15) is 0 Å². The number of hydrogen-bond acceptors (Lipinski definition) is 3. The Kier molecular flexibility index (Phi) is 6.50. The van der Waals surface area contributed by atoms with Gasteiger partial charge in [0.25, 0.3) is 5.91 Å². The SMILES string of the molecule is CN(C)C(=O)c1ccccc1NC(=S)NC(=O)Cc1ccc(Cl)cc1. The summed E-state index contributed by atoms with van der Waals surface area (Å²) in [5, 5.41) is 6.26. The highest BCUT2D eigenvalue weighted by Crippen LogP contribution is 2.16. The van der Waals surface area contributed by atoms with Crippen LogP contribution in [-0.4, -0.2) is 35.9 Å². The minimum Gasteiger partial charge on any atom is -0.345 e. The quantitative estimate of drug-likeness (QED) is 0.806. The van der Waals surface area contributed by atoms with Crippen LogP contribution in [0.1, 0.15) is 15.9 Å². The molecule has 0 spiro atoms. The molecule has 2 aromatic rings. The number of carbonyl (C=O) groups is 2. The summed E-state index contributed by atoms with van der Waals surface area (Å²) in [4.78, 5) is 25.7. The second kappa shape index (κ2) is 8.60. The topological polar surface area (TPSA) is 61.4 Å². The molecule has 0 aliphatic carbocycles.